The Morgan fingerprint density at radius 3 is 2.22 bits per heavy atom. The van der Waals surface area contributed by atoms with E-state index in [1.54, 1.807) is 0 Å². The van der Waals surface area contributed by atoms with Gasteiger partial charge in [-0.25, -0.2) is 0 Å². The summed E-state index contributed by atoms with van der Waals surface area (Å²) in [5.74, 6) is 0.102. The maximum Gasteiger partial charge on any atom is 0.220 e. The molecule has 0 saturated carbocycles. The third-order valence-corrected chi connectivity index (χ3v) is 2.88. The van der Waals surface area contributed by atoms with Crippen LogP contribution in [0.2, 0.25) is 0 Å². The fourth-order valence-corrected chi connectivity index (χ4v) is 1.72. The molecule has 6 heteroatoms. The third kappa shape index (κ3) is 9.95. The van der Waals surface area contributed by atoms with E-state index in [2.05, 4.69) is 31.0 Å². The number of carbonyl (C=O) groups is 1. The molecule has 1 unspecified atom stereocenters. The van der Waals surface area contributed by atoms with Crippen LogP contribution in [0.4, 0.5) is 0 Å². The van der Waals surface area contributed by atoms with Crippen molar-refractivity contribution in [3.8, 4) is 0 Å². The maximum atomic E-state index is 11.6. The molecule has 0 radical (unpaired) electrons. The van der Waals surface area contributed by atoms with Crippen LogP contribution in [0.1, 0.15) is 33.6 Å². The molecule has 0 spiro atoms. The minimum absolute atomic E-state index is 0. The number of amides is 1. The summed E-state index contributed by atoms with van der Waals surface area (Å²) >= 11 is 0. The highest BCUT2D eigenvalue weighted by Gasteiger charge is 2.27. The molecule has 1 atom stereocenters. The highest BCUT2D eigenvalue weighted by Crippen LogP contribution is 2.21. The Hall–Kier alpha value is -0.0300. The molecule has 0 bridgehead atoms. The van der Waals surface area contributed by atoms with Crippen LogP contribution in [-0.4, -0.2) is 44.0 Å². The van der Waals surface area contributed by atoms with Crippen LogP contribution >= 0.6 is 24.8 Å². The Bertz CT molecular complexity index is 223. The fourth-order valence-electron chi connectivity index (χ4n) is 1.72. The molecule has 112 valence electrons. The summed E-state index contributed by atoms with van der Waals surface area (Å²) < 4.78 is 0. The molecule has 0 aliphatic carbocycles. The monoisotopic (exact) mass is 301 g/mol. The summed E-state index contributed by atoms with van der Waals surface area (Å²) in [6.45, 7) is 7.92. The number of carbonyl (C=O) groups excluding carboxylic acids is 1. The summed E-state index contributed by atoms with van der Waals surface area (Å²) in [5.41, 5.74) is 5.44. The van der Waals surface area contributed by atoms with Crippen LogP contribution in [0.5, 0.6) is 0 Å². The second-order valence-corrected chi connectivity index (χ2v) is 5.41. The molecule has 0 aromatic heterocycles. The van der Waals surface area contributed by atoms with Crippen molar-refractivity contribution >= 4 is 30.7 Å². The number of nitrogens with two attached hydrogens (primary N) is 1. The molecular weight excluding hydrogens is 273 g/mol. The van der Waals surface area contributed by atoms with E-state index in [1.165, 1.54) is 0 Å². The molecule has 0 aromatic carbocycles. The van der Waals surface area contributed by atoms with Crippen molar-refractivity contribution in [2.24, 2.45) is 11.1 Å². The van der Waals surface area contributed by atoms with E-state index in [1.807, 2.05) is 14.1 Å². The van der Waals surface area contributed by atoms with Crippen molar-refractivity contribution < 1.29 is 4.79 Å². The standard InChI is InChI=1S/C12H27N3O.2ClH/c1-10(12(2,3)9-15(4)5)14-11(16)7-6-8-13;;/h10H,6-9,13H2,1-5H3,(H,14,16);2*1H. The summed E-state index contributed by atoms with van der Waals surface area (Å²) in [7, 11) is 4.09. The minimum Gasteiger partial charge on any atom is -0.353 e. The van der Waals surface area contributed by atoms with Gasteiger partial charge in [-0.05, 0) is 39.4 Å². The van der Waals surface area contributed by atoms with Gasteiger partial charge in [-0.15, -0.1) is 24.8 Å². The number of hydrogen-bond donors (Lipinski definition) is 2. The summed E-state index contributed by atoms with van der Waals surface area (Å²) in [6.07, 6.45) is 1.28. The smallest absolute Gasteiger partial charge is 0.220 e. The highest BCUT2D eigenvalue weighted by atomic mass is 35.5. The first-order chi connectivity index (χ1) is 7.29. The summed E-state index contributed by atoms with van der Waals surface area (Å²) in [6, 6.07) is 0.167. The number of rotatable bonds is 7. The quantitative estimate of drug-likeness (QED) is 0.752. The predicted molar refractivity (Wildman–Crippen MR) is 82.7 cm³/mol. The minimum atomic E-state index is 0. The van der Waals surface area contributed by atoms with E-state index in [-0.39, 0.29) is 42.2 Å². The molecule has 0 aromatic rings. The van der Waals surface area contributed by atoms with Gasteiger partial charge < -0.3 is 16.0 Å². The van der Waals surface area contributed by atoms with Gasteiger partial charge >= 0.3 is 0 Å². The van der Waals surface area contributed by atoms with Gasteiger partial charge in [0, 0.05) is 19.0 Å². The molecule has 0 saturated heterocycles. The molecule has 4 nitrogen and oxygen atoms in total. The lowest BCUT2D eigenvalue weighted by Crippen LogP contribution is -2.47. The zero-order chi connectivity index (χ0) is 12.8. The second-order valence-electron chi connectivity index (χ2n) is 5.41. The van der Waals surface area contributed by atoms with Crippen molar-refractivity contribution in [3.63, 3.8) is 0 Å². The van der Waals surface area contributed by atoms with Crippen LogP contribution in [0, 0.1) is 5.41 Å². The molecule has 0 aliphatic rings. The van der Waals surface area contributed by atoms with Crippen molar-refractivity contribution in [1.29, 1.82) is 0 Å². The van der Waals surface area contributed by atoms with Crippen LogP contribution < -0.4 is 11.1 Å². The molecule has 0 rings (SSSR count). The van der Waals surface area contributed by atoms with Crippen LogP contribution in [-0.2, 0) is 4.79 Å². The van der Waals surface area contributed by atoms with E-state index >= 15 is 0 Å². The summed E-state index contributed by atoms with van der Waals surface area (Å²) in [5, 5.41) is 3.04. The number of nitrogens with zero attached hydrogens (tertiary/aromatic N) is 1. The summed E-state index contributed by atoms with van der Waals surface area (Å²) in [4.78, 5) is 13.7. The SMILES string of the molecule is CC(NC(=O)CCCN)C(C)(C)CN(C)C.Cl.Cl. The zero-order valence-corrected chi connectivity index (χ0v) is 13.8. The molecule has 1 amide bonds. The van der Waals surface area contributed by atoms with Crippen LogP contribution in [0.15, 0.2) is 0 Å². The molecule has 0 aliphatic heterocycles. The van der Waals surface area contributed by atoms with E-state index in [9.17, 15) is 4.79 Å². The largest absolute Gasteiger partial charge is 0.353 e. The van der Waals surface area contributed by atoms with Crippen molar-refractivity contribution in [2.45, 2.75) is 39.7 Å². The average Bonchev–Trinajstić information content (AvgIpc) is 2.12. The average molecular weight is 302 g/mol. The lowest BCUT2D eigenvalue weighted by Gasteiger charge is -2.34. The third-order valence-electron chi connectivity index (χ3n) is 2.88. The first-order valence-corrected chi connectivity index (χ1v) is 5.93. The lowest BCUT2D eigenvalue weighted by molar-refractivity contribution is -0.122. The Morgan fingerprint density at radius 1 is 1.33 bits per heavy atom. The second kappa shape index (κ2) is 10.9. The van der Waals surface area contributed by atoms with E-state index < -0.39 is 0 Å². The Kier molecular flexibility index (Phi) is 13.9. The van der Waals surface area contributed by atoms with Gasteiger partial charge in [-0.3, -0.25) is 4.79 Å². The van der Waals surface area contributed by atoms with Crippen molar-refractivity contribution in [3.05, 3.63) is 0 Å². The van der Waals surface area contributed by atoms with Gasteiger partial charge in [0.2, 0.25) is 5.91 Å². The van der Waals surface area contributed by atoms with E-state index in [0.717, 1.165) is 13.0 Å². The lowest BCUT2D eigenvalue weighted by atomic mass is 9.85. The Morgan fingerprint density at radius 2 is 1.83 bits per heavy atom. The molecule has 0 heterocycles. The molecule has 18 heavy (non-hydrogen) atoms. The van der Waals surface area contributed by atoms with Gasteiger partial charge in [-0.2, -0.15) is 0 Å². The van der Waals surface area contributed by atoms with Crippen molar-refractivity contribution in [2.75, 3.05) is 27.2 Å². The molecular formula is C12H29Cl2N3O. The maximum absolute atomic E-state index is 11.6. The predicted octanol–water partition coefficient (Wildman–Crippen LogP) is 1.66. The van der Waals surface area contributed by atoms with Gasteiger partial charge in [0.25, 0.3) is 0 Å². The van der Waals surface area contributed by atoms with Gasteiger partial charge in [0.1, 0.15) is 0 Å². The number of halogens is 2. The van der Waals surface area contributed by atoms with Crippen LogP contribution in [0.3, 0.4) is 0 Å². The molecule has 3 N–H and O–H groups in total. The van der Waals surface area contributed by atoms with E-state index in [4.69, 9.17) is 5.73 Å². The zero-order valence-electron chi connectivity index (χ0n) is 12.2. The molecule has 0 fully saturated rings. The van der Waals surface area contributed by atoms with Gasteiger partial charge in [0.15, 0.2) is 0 Å². The van der Waals surface area contributed by atoms with E-state index in [0.29, 0.717) is 13.0 Å². The van der Waals surface area contributed by atoms with Crippen molar-refractivity contribution in [1.82, 2.24) is 10.2 Å². The fraction of sp³-hybridized carbons (Fsp3) is 0.917. The highest BCUT2D eigenvalue weighted by molar-refractivity contribution is 5.85. The van der Waals surface area contributed by atoms with Gasteiger partial charge in [0.05, 0.1) is 0 Å². The number of hydrogen-bond acceptors (Lipinski definition) is 3. The van der Waals surface area contributed by atoms with Crippen LogP contribution in [0.25, 0.3) is 0 Å². The van der Waals surface area contributed by atoms with Gasteiger partial charge in [-0.1, -0.05) is 13.8 Å². The first kappa shape index (κ1) is 23.1. The normalized spacial score (nSPS) is 12.4. The first-order valence-electron chi connectivity index (χ1n) is 5.93. The number of nitrogens with one attached hydrogen (secondary N) is 1. The Labute approximate surface area is 124 Å². The topological polar surface area (TPSA) is 58.4 Å². The Balaban J connectivity index is -0.00000112.